The zero-order valence-electron chi connectivity index (χ0n) is 12.2. The lowest BCUT2D eigenvalue weighted by Crippen LogP contribution is -2.14. The molecule has 0 aliphatic rings. The predicted molar refractivity (Wildman–Crippen MR) is 86.9 cm³/mol. The van der Waals surface area contributed by atoms with E-state index in [1.165, 1.54) is 17.3 Å². The first-order valence-electron chi connectivity index (χ1n) is 6.93. The van der Waals surface area contributed by atoms with E-state index in [1.54, 1.807) is 17.1 Å². The molecular weight excluding hydrogens is 296 g/mol. The summed E-state index contributed by atoms with van der Waals surface area (Å²) in [5.74, 6) is 0.783. The zero-order chi connectivity index (χ0) is 15.4. The highest BCUT2D eigenvalue weighted by Crippen LogP contribution is 2.17. The van der Waals surface area contributed by atoms with Crippen molar-refractivity contribution in [3.05, 3.63) is 76.0 Å². The molecule has 0 amide bonds. The Morgan fingerprint density at radius 3 is 2.68 bits per heavy atom. The third-order valence-corrected chi connectivity index (χ3v) is 4.18. The van der Waals surface area contributed by atoms with Gasteiger partial charge in [0.25, 0.3) is 5.56 Å². The summed E-state index contributed by atoms with van der Waals surface area (Å²) in [5.41, 5.74) is 2.76. The standard InChI is InChI=1S/C16H16N4OS/c1-20-10-13(8-18-20)7-14-9-17-16(19-15(14)21)22-11-12-5-3-2-4-6-12/h2-6,8-10H,7,11H2,1H3,(H,17,19,21). The van der Waals surface area contributed by atoms with Gasteiger partial charge in [-0.05, 0) is 11.1 Å². The van der Waals surface area contributed by atoms with Gasteiger partial charge in [0.05, 0.1) is 6.20 Å². The maximum atomic E-state index is 12.1. The number of rotatable bonds is 5. The molecule has 1 N–H and O–H groups in total. The van der Waals surface area contributed by atoms with Crippen molar-refractivity contribution in [1.82, 2.24) is 19.7 Å². The highest BCUT2D eigenvalue weighted by atomic mass is 32.2. The van der Waals surface area contributed by atoms with Crippen LogP contribution in [0.1, 0.15) is 16.7 Å². The minimum absolute atomic E-state index is 0.0885. The molecule has 0 unspecified atom stereocenters. The van der Waals surface area contributed by atoms with Crippen LogP contribution in [-0.4, -0.2) is 19.7 Å². The molecule has 2 heterocycles. The van der Waals surface area contributed by atoms with E-state index >= 15 is 0 Å². The van der Waals surface area contributed by atoms with Crippen molar-refractivity contribution in [1.29, 1.82) is 0 Å². The average molecular weight is 312 g/mol. The van der Waals surface area contributed by atoms with Gasteiger partial charge in [0.1, 0.15) is 0 Å². The molecule has 0 aliphatic heterocycles. The summed E-state index contributed by atoms with van der Waals surface area (Å²) in [6, 6.07) is 10.1. The van der Waals surface area contributed by atoms with E-state index in [1.807, 2.05) is 31.4 Å². The Labute approximate surface area is 132 Å². The lowest BCUT2D eigenvalue weighted by molar-refractivity contribution is 0.767. The summed E-state index contributed by atoms with van der Waals surface area (Å²) >= 11 is 1.52. The first-order valence-corrected chi connectivity index (χ1v) is 7.92. The predicted octanol–water partition coefficient (Wildman–Crippen LogP) is 2.39. The van der Waals surface area contributed by atoms with E-state index in [9.17, 15) is 4.79 Å². The summed E-state index contributed by atoms with van der Waals surface area (Å²) in [6.45, 7) is 0. The highest BCUT2D eigenvalue weighted by molar-refractivity contribution is 7.98. The van der Waals surface area contributed by atoms with Gasteiger partial charge in [-0.15, -0.1) is 0 Å². The van der Waals surface area contributed by atoms with E-state index in [4.69, 9.17) is 0 Å². The Hall–Kier alpha value is -2.34. The van der Waals surface area contributed by atoms with Crippen LogP contribution in [0, 0.1) is 0 Å². The highest BCUT2D eigenvalue weighted by Gasteiger charge is 2.06. The SMILES string of the molecule is Cn1cc(Cc2cnc(SCc3ccccc3)[nH]c2=O)cn1. The summed E-state index contributed by atoms with van der Waals surface area (Å²) in [6.07, 6.45) is 5.86. The van der Waals surface area contributed by atoms with Gasteiger partial charge < -0.3 is 4.98 Å². The van der Waals surface area contributed by atoms with Crippen LogP contribution in [0.5, 0.6) is 0 Å². The molecule has 3 rings (SSSR count). The van der Waals surface area contributed by atoms with Crippen molar-refractivity contribution < 1.29 is 0 Å². The number of nitrogens with one attached hydrogen (secondary N) is 1. The molecule has 0 atom stereocenters. The normalized spacial score (nSPS) is 10.8. The molecule has 5 nitrogen and oxygen atoms in total. The van der Waals surface area contributed by atoms with Crippen LogP contribution in [-0.2, 0) is 19.2 Å². The molecular formula is C16H16N4OS. The van der Waals surface area contributed by atoms with Crippen molar-refractivity contribution in [3.8, 4) is 0 Å². The van der Waals surface area contributed by atoms with Crippen LogP contribution in [0.25, 0.3) is 0 Å². The second-order valence-electron chi connectivity index (χ2n) is 5.02. The zero-order valence-corrected chi connectivity index (χ0v) is 13.0. The Morgan fingerprint density at radius 1 is 1.18 bits per heavy atom. The van der Waals surface area contributed by atoms with Crippen LogP contribution in [0.15, 0.2) is 58.9 Å². The number of aromatic amines is 1. The maximum Gasteiger partial charge on any atom is 0.255 e. The largest absolute Gasteiger partial charge is 0.301 e. The molecule has 0 saturated heterocycles. The number of hydrogen-bond donors (Lipinski definition) is 1. The third-order valence-electron chi connectivity index (χ3n) is 3.22. The van der Waals surface area contributed by atoms with Crippen LogP contribution < -0.4 is 5.56 Å². The molecule has 0 bridgehead atoms. The summed E-state index contributed by atoms with van der Waals surface area (Å²) < 4.78 is 1.72. The molecule has 0 fully saturated rings. The van der Waals surface area contributed by atoms with Crippen LogP contribution >= 0.6 is 11.8 Å². The average Bonchev–Trinajstić information content (AvgIpc) is 2.94. The smallest absolute Gasteiger partial charge is 0.255 e. The number of thioether (sulfide) groups is 1. The lowest BCUT2D eigenvalue weighted by atomic mass is 10.1. The minimum atomic E-state index is -0.0885. The Balaban J connectivity index is 1.68. The van der Waals surface area contributed by atoms with Gasteiger partial charge >= 0.3 is 0 Å². The van der Waals surface area contributed by atoms with Crippen molar-refractivity contribution >= 4 is 11.8 Å². The Kier molecular flexibility index (Phi) is 4.39. The van der Waals surface area contributed by atoms with Crippen LogP contribution in [0.3, 0.4) is 0 Å². The van der Waals surface area contributed by atoms with Crippen molar-refractivity contribution in [2.45, 2.75) is 17.3 Å². The van der Waals surface area contributed by atoms with Crippen molar-refractivity contribution in [2.24, 2.45) is 7.05 Å². The van der Waals surface area contributed by atoms with E-state index in [0.717, 1.165) is 11.3 Å². The molecule has 0 saturated carbocycles. The molecule has 0 radical (unpaired) electrons. The van der Waals surface area contributed by atoms with Gasteiger partial charge in [0, 0.05) is 37.2 Å². The first kappa shape index (κ1) is 14.6. The Morgan fingerprint density at radius 2 is 2.00 bits per heavy atom. The van der Waals surface area contributed by atoms with Crippen molar-refractivity contribution in [3.63, 3.8) is 0 Å². The molecule has 3 aromatic rings. The number of benzene rings is 1. The van der Waals surface area contributed by atoms with E-state index in [2.05, 4.69) is 27.2 Å². The molecule has 6 heteroatoms. The van der Waals surface area contributed by atoms with Gasteiger partial charge in [-0.3, -0.25) is 9.48 Å². The van der Waals surface area contributed by atoms with Crippen LogP contribution in [0.2, 0.25) is 0 Å². The summed E-state index contributed by atoms with van der Waals surface area (Å²) in [4.78, 5) is 19.3. The maximum absolute atomic E-state index is 12.1. The quantitative estimate of drug-likeness (QED) is 0.580. The molecule has 1 aromatic carbocycles. The minimum Gasteiger partial charge on any atom is -0.301 e. The van der Waals surface area contributed by atoms with E-state index < -0.39 is 0 Å². The van der Waals surface area contributed by atoms with Crippen molar-refractivity contribution in [2.75, 3.05) is 0 Å². The lowest BCUT2D eigenvalue weighted by Gasteiger charge is -2.03. The second-order valence-corrected chi connectivity index (χ2v) is 5.98. The first-order chi connectivity index (χ1) is 10.7. The second kappa shape index (κ2) is 6.62. The van der Waals surface area contributed by atoms with E-state index in [-0.39, 0.29) is 5.56 Å². The monoisotopic (exact) mass is 312 g/mol. The van der Waals surface area contributed by atoms with Gasteiger partial charge in [0.2, 0.25) is 0 Å². The fourth-order valence-electron chi connectivity index (χ4n) is 2.11. The Bertz CT molecular complexity index is 810. The van der Waals surface area contributed by atoms with Crippen LogP contribution in [0.4, 0.5) is 0 Å². The number of aryl methyl sites for hydroxylation is 1. The molecule has 112 valence electrons. The summed E-state index contributed by atoms with van der Waals surface area (Å²) in [7, 11) is 1.86. The molecule has 22 heavy (non-hydrogen) atoms. The molecule has 0 aliphatic carbocycles. The number of hydrogen-bond acceptors (Lipinski definition) is 4. The van der Waals surface area contributed by atoms with Gasteiger partial charge in [-0.25, -0.2) is 4.98 Å². The fourth-order valence-corrected chi connectivity index (χ4v) is 2.90. The summed E-state index contributed by atoms with van der Waals surface area (Å²) in [5, 5.41) is 4.75. The molecule has 2 aromatic heterocycles. The topological polar surface area (TPSA) is 63.6 Å². The number of nitrogens with zero attached hydrogens (tertiary/aromatic N) is 3. The third kappa shape index (κ3) is 3.65. The number of H-pyrrole nitrogens is 1. The van der Waals surface area contributed by atoms with E-state index in [0.29, 0.717) is 17.1 Å². The fraction of sp³-hybridized carbons (Fsp3) is 0.188. The van der Waals surface area contributed by atoms with Gasteiger partial charge in [0.15, 0.2) is 5.16 Å². The van der Waals surface area contributed by atoms with Gasteiger partial charge in [-0.2, -0.15) is 5.10 Å². The van der Waals surface area contributed by atoms with Gasteiger partial charge in [-0.1, -0.05) is 42.1 Å². The molecule has 0 spiro atoms. The number of aromatic nitrogens is 4.